The molecule has 11 rings (SSSR count). The van der Waals surface area contributed by atoms with E-state index in [1.165, 1.54) is 27.1 Å². The van der Waals surface area contributed by atoms with E-state index in [2.05, 4.69) is 114 Å². The van der Waals surface area contributed by atoms with Gasteiger partial charge in [-0.2, -0.15) is 0 Å². The van der Waals surface area contributed by atoms with Crippen LogP contribution in [0.25, 0.3) is 105 Å². The summed E-state index contributed by atoms with van der Waals surface area (Å²) in [6, 6.07) is 63.4. The first-order valence-electron chi connectivity index (χ1n) is 18.1. The minimum atomic E-state index is 0.581. The lowest BCUT2D eigenvalue weighted by atomic mass is 10.0. The molecule has 0 saturated carbocycles. The highest BCUT2D eigenvalue weighted by Gasteiger charge is 2.22. The molecule has 11 aromatic rings. The largest absolute Gasteiger partial charge is 0.456 e. The summed E-state index contributed by atoms with van der Waals surface area (Å²) in [5.41, 5.74) is 9.79. The summed E-state index contributed by atoms with van der Waals surface area (Å²) in [5, 5.41) is 6.73. The summed E-state index contributed by atoms with van der Waals surface area (Å²) in [5.74, 6) is 1.81. The van der Waals surface area contributed by atoms with Crippen LogP contribution in [0.2, 0.25) is 0 Å². The number of aromatic nitrogens is 4. The summed E-state index contributed by atoms with van der Waals surface area (Å²) >= 11 is 0. The molecule has 54 heavy (non-hydrogen) atoms. The van der Waals surface area contributed by atoms with Crippen LogP contribution in [0.4, 0.5) is 0 Å². The Kier molecular flexibility index (Phi) is 6.79. The molecule has 0 unspecified atom stereocenters. The molecule has 0 radical (unpaired) electrons. The number of para-hydroxylation sites is 1. The van der Waals surface area contributed by atoms with Gasteiger partial charge in [-0.3, -0.25) is 0 Å². The van der Waals surface area contributed by atoms with E-state index >= 15 is 0 Å². The highest BCUT2D eigenvalue weighted by molar-refractivity contribution is 6.16. The number of hydrogen-bond acceptors (Lipinski definition) is 4. The van der Waals surface area contributed by atoms with Gasteiger partial charge >= 0.3 is 0 Å². The molecular weight excluding hydrogens is 661 g/mol. The lowest BCUT2D eigenvalue weighted by Gasteiger charge is -2.13. The number of fused-ring (bicyclic) bond motifs is 7. The standard InChI is InChI=1S/C49H30N4O/c1-4-14-31(15-5-1)36-24-25-38-40-26-34-20-10-11-21-35(34)27-43(40)53(42(38)28-36)37-29-41(46-39-22-12-13-23-44(39)54-45(46)30-37)49-51-47(32-16-6-2-7-17-32)50-48(52-49)33-18-8-3-9-19-33/h1-30H. The molecule has 3 heterocycles. The van der Waals surface area contributed by atoms with Crippen LogP contribution in [-0.4, -0.2) is 19.5 Å². The molecule has 5 nitrogen and oxygen atoms in total. The molecule has 0 aliphatic carbocycles. The van der Waals surface area contributed by atoms with E-state index in [0.29, 0.717) is 17.5 Å². The molecule has 0 aliphatic rings. The van der Waals surface area contributed by atoms with Gasteiger partial charge in [0.25, 0.3) is 0 Å². The van der Waals surface area contributed by atoms with E-state index in [1.807, 2.05) is 72.8 Å². The van der Waals surface area contributed by atoms with Crippen molar-refractivity contribution in [3.8, 4) is 51.0 Å². The topological polar surface area (TPSA) is 56.7 Å². The Bertz CT molecular complexity index is 3140. The van der Waals surface area contributed by atoms with Gasteiger partial charge in [-0.05, 0) is 52.2 Å². The van der Waals surface area contributed by atoms with Gasteiger partial charge in [-0.15, -0.1) is 0 Å². The maximum Gasteiger partial charge on any atom is 0.164 e. The zero-order chi connectivity index (χ0) is 35.6. The second-order valence-electron chi connectivity index (χ2n) is 13.7. The summed E-state index contributed by atoms with van der Waals surface area (Å²) < 4.78 is 9.06. The van der Waals surface area contributed by atoms with Crippen molar-refractivity contribution in [1.82, 2.24) is 19.5 Å². The van der Waals surface area contributed by atoms with Gasteiger partial charge in [0.05, 0.1) is 16.7 Å². The van der Waals surface area contributed by atoms with Crippen LogP contribution in [0.1, 0.15) is 0 Å². The van der Waals surface area contributed by atoms with Crippen molar-refractivity contribution >= 4 is 54.5 Å². The molecule has 0 fully saturated rings. The third kappa shape index (κ3) is 4.90. The quantitative estimate of drug-likeness (QED) is 0.180. The van der Waals surface area contributed by atoms with Crippen molar-refractivity contribution in [2.24, 2.45) is 0 Å². The fraction of sp³-hybridized carbons (Fsp3) is 0. The Morgan fingerprint density at radius 2 is 0.944 bits per heavy atom. The Morgan fingerprint density at radius 3 is 1.65 bits per heavy atom. The third-order valence-corrected chi connectivity index (χ3v) is 10.4. The van der Waals surface area contributed by atoms with Crippen LogP contribution in [0.15, 0.2) is 186 Å². The zero-order valence-electron chi connectivity index (χ0n) is 29.0. The van der Waals surface area contributed by atoms with E-state index in [-0.39, 0.29) is 0 Å². The van der Waals surface area contributed by atoms with Crippen LogP contribution in [0.5, 0.6) is 0 Å². The van der Waals surface area contributed by atoms with Gasteiger partial charge in [0.2, 0.25) is 0 Å². The van der Waals surface area contributed by atoms with Crippen molar-refractivity contribution in [2.45, 2.75) is 0 Å². The van der Waals surface area contributed by atoms with Crippen molar-refractivity contribution in [1.29, 1.82) is 0 Å². The molecule has 252 valence electrons. The van der Waals surface area contributed by atoms with Crippen molar-refractivity contribution in [2.75, 3.05) is 0 Å². The van der Waals surface area contributed by atoms with E-state index in [1.54, 1.807) is 0 Å². The van der Waals surface area contributed by atoms with Gasteiger partial charge in [0, 0.05) is 44.3 Å². The first kappa shape index (κ1) is 30.3. The van der Waals surface area contributed by atoms with E-state index < -0.39 is 0 Å². The molecule has 0 saturated heterocycles. The smallest absolute Gasteiger partial charge is 0.164 e. The minimum absolute atomic E-state index is 0.581. The average molecular weight is 691 g/mol. The number of furan rings is 1. The number of hydrogen-bond donors (Lipinski definition) is 0. The fourth-order valence-electron chi connectivity index (χ4n) is 7.87. The minimum Gasteiger partial charge on any atom is -0.456 e. The predicted molar refractivity (Wildman–Crippen MR) is 221 cm³/mol. The van der Waals surface area contributed by atoms with Crippen LogP contribution in [-0.2, 0) is 0 Å². The van der Waals surface area contributed by atoms with Crippen LogP contribution in [0.3, 0.4) is 0 Å². The second-order valence-corrected chi connectivity index (χ2v) is 13.7. The molecule has 0 N–H and O–H groups in total. The summed E-state index contributed by atoms with van der Waals surface area (Å²) in [7, 11) is 0. The van der Waals surface area contributed by atoms with Crippen LogP contribution >= 0.6 is 0 Å². The normalized spacial score (nSPS) is 11.7. The Hall–Kier alpha value is -7.37. The molecule has 0 atom stereocenters. The number of rotatable bonds is 5. The molecule has 0 aliphatic heterocycles. The summed E-state index contributed by atoms with van der Waals surface area (Å²) in [4.78, 5) is 15.4. The molecular formula is C49H30N4O. The van der Waals surface area contributed by atoms with E-state index in [0.717, 1.165) is 60.9 Å². The monoisotopic (exact) mass is 690 g/mol. The van der Waals surface area contributed by atoms with Gasteiger partial charge in [-0.25, -0.2) is 15.0 Å². The van der Waals surface area contributed by atoms with E-state index in [9.17, 15) is 0 Å². The first-order chi connectivity index (χ1) is 26.7. The average Bonchev–Trinajstić information content (AvgIpc) is 3.78. The molecule has 0 amide bonds. The SMILES string of the molecule is c1ccc(-c2ccc3c4cc5ccccc5cc4n(-c4cc(-c5nc(-c6ccccc6)nc(-c6ccccc6)n5)c5c(c4)oc4ccccc45)c3c2)cc1. The highest BCUT2D eigenvalue weighted by Crippen LogP contribution is 2.42. The van der Waals surface area contributed by atoms with Gasteiger partial charge in [0.15, 0.2) is 17.5 Å². The van der Waals surface area contributed by atoms with Crippen molar-refractivity contribution in [3.63, 3.8) is 0 Å². The lowest BCUT2D eigenvalue weighted by Crippen LogP contribution is -2.01. The molecule has 8 aromatic carbocycles. The Labute approximate surface area is 310 Å². The third-order valence-electron chi connectivity index (χ3n) is 10.4. The first-order valence-corrected chi connectivity index (χ1v) is 18.1. The van der Waals surface area contributed by atoms with Crippen molar-refractivity contribution in [3.05, 3.63) is 182 Å². The van der Waals surface area contributed by atoms with Gasteiger partial charge < -0.3 is 8.98 Å². The maximum atomic E-state index is 6.69. The molecule has 3 aromatic heterocycles. The number of benzene rings is 8. The predicted octanol–water partition coefficient (Wildman–Crippen LogP) is 12.7. The molecule has 0 spiro atoms. The maximum absolute atomic E-state index is 6.69. The highest BCUT2D eigenvalue weighted by atomic mass is 16.3. The van der Waals surface area contributed by atoms with Crippen molar-refractivity contribution < 1.29 is 4.42 Å². The fourth-order valence-corrected chi connectivity index (χ4v) is 7.87. The molecule has 0 bridgehead atoms. The van der Waals surface area contributed by atoms with Crippen LogP contribution in [0, 0.1) is 0 Å². The summed E-state index contributed by atoms with van der Waals surface area (Å²) in [6.45, 7) is 0. The van der Waals surface area contributed by atoms with E-state index in [4.69, 9.17) is 19.4 Å². The van der Waals surface area contributed by atoms with Gasteiger partial charge in [0.1, 0.15) is 11.2 Å². The number of nitrogens with zero attached hydrogens (tertiary/aromatic N) is 4. The summed E-state index contributed by atoms with van der Waals surface area (Å²) in [6.07, 6.45) is 0. The second kappa shape index (κ2) is 12.1. The van der Waals surface area contributed by atoms with Crippen LogP contribution < -0.4 is 0 Å². The lowest BCUT2D eigenvalue weighted by molar-refractivity contribution is 0.668. The molecule has 5 heteroatoms. The zero-order valence-corrected chi connectivity index (χ0v) is 29.0. The Morgan fingerprint density at radius 1 is 0.370 bits per heavy atom. The van der Waals surface area contributed by atoms with Gasteiger partial charge in [-0.1, -0.05) is 146 Å². The Balaban J connectivity index is 1.25.